The molecule has 1 aliphatic heterocycles. The van der Waals surface area contributed by atoms with Crippen LogP contribution in [0.5, 0.6) is 0 Å². The van der Waals surface area contributed by atoms with E-state index in [2.05, 4.69) is 10.3 Å². The minimum atomic E-state index is -0.0401. The highest BCUT2D eigenvalue weighted by Crippen LogP contribution is 2.33. The second-order valence-corrected chi connectivity index (χ2v) is 7.93. The lowest BCUT2D eigenvalue weighted by atomic mass is 10.1. The normalized spacial score (nSPS) is 16.9. The number of ether oxygens (including phenoxy) is 1. The van der Waals surface area contributed by atoms with Crippen molar-refractivity contribution < 1.29 is 9.53 Å². The van der Waals surface area contributed by atoms with Gasteiger partial charge >= 0.3 is 0 Å². The minimum absolute atomic E-state index is 0.0401. The molecule has 2 aromatic heterocycles. The zero-order valence-electron chi connectivity index (χ0n) is 13.6. The van der Waals surface area contributed by atoms with Crippen LogP contribution in [0.2, 0.25) is 0 Å². The van der Waals surface area contributed by atoms with E-state index in [4.69, 9.17) is 4.74 Å². The van der Waals surface area contributed by atoms with Gasteiger partial charge < -0.3 is 10.1 Å². The molecule has 0 saturated carbocycles. The Morgan fingerprint density at radius 1 is 1.24 bits per heavy atom. The van der Waals surface area contributed by atoms with Gasteiger partial charge in [-0.1, -0.05) is 30.3 Å². The molecule has 3 heterocycles. The van der Waals surface area contributed by atoms with Crippen LogP contribution >= 0.6 is 22.7 Å². The third-order valence-corrected chi connectivity index (χ3v) is 6.20. The van der Waals surface area contributed by atoms with E-state index in [0.717, 1.165) is 45.3 Å². The van der Waals surface area contributed by atoms with Gasteiger partial charge in [0.25, 0.3) is 5.91 Å². The summed E-state index contributed by atoms with van der Waals surface area (Å²) < 4.78 is 5.69. The van der Waals surface area contributed by atoms with Crippen molar-refractivity contribution in [1.82, 2.24) is 10.3 Å². The molecule has 1 amide bonds. The lowest BCUT2D eigenvalue weighted by Crippen LogP contribution is -2.21. The number of amides is 1. The summed E-state index contributed by atoms with van der Waals surface area (Å²) in [7, 11) is 0. The van der Waals surface area contributed by atoms with Crippen molar-refractivity contribution in [2.45, 2.75) is 25.5 Å². The van der Waals surface area contributed by atoms with Gasteiger partial charge in [-0.25, -0.2) is 4.98 Å². The SMILES string of the molecule is O=C(NCc1scnc1-c1ccccc1)c1ccc(C2CCCO2)s1. The Kier molecular flexibility index (Phi) is 4.92. The summed E-state index contributed by atoms with van der Waals surface area (Å²) >= 11 is 3.09. The van der Waals surface area contributed by atoms with Crippen LogP contribution in [0.1, 0.15) is 38.4 Å². The van der Waals surface area contributed by atoms with Gasteiger partial charge in [0.05, 0.1) is 33.6 Å². The monoisotopic (exact) mass is 370 g/mol. The molecule has 4 rings (SSSR count). The molecular formula is C19H18N2O2S2. The van der Waals surface area contributed by atoms with Gasteiger partial charge in [-0.3, -0.25) is 4.79 Å². The Hall–Kier alpha value is -2.02. The average molecular weight is 370 g/mol. The summed E-state index contributed by atoms with van der Waals surface area (Å²) in [5.74, 6) is -0.0401. The zero-order valence-corrected chi connectivity index (χ0v) is 15.2. The second-order valence-electron chi connectivity index (χ2n) is 5.88. The van der Waals surface area contributed by atoms with Crippen molar-refractivity contribution >= 4 is 28.6 Å². The molecule has 1 aromatic carbocycles. The summed E-state index contributed by atoms with van der Waals surface area (Å²) in [5, 5.41) is 3.02. The molecule has 1 unspecified atom stereocenters. The van der Waals surface area contributed by atoms with Crippen molar-refractivity contribution in [2.75, 3.05) is 6.61 Å². The predicted octanol–water partition coefficient (Wildman–Crippen LogP) is 4.65. The largest absolute Gasteiger partial charge is 0.373 e. The first-order valence-corrected chi connectivity index (χ1v) is 9.98. The van der Waals surface area contributed by atoms with Crippen LogP contribution in [0.15, 0.2) is 48.0 Å². The number of benzene rings is 1. The number of nitrogens with one attached hydrogen (secondary N) is 1. The molecule has 6 heteroatoms. The molecule has 128 valence electrons. The number of hydrogen-bond acceptors (Lipinski definition) is 5. The fraction of sp³-hybridized carbons (Fsp3) is 0.263. The van der Waals surface area contributed by atoms with E-state index in [1.165, 1.54) is 11.3 Å². The molecule has 3 aromatic rings. The van der Waals surface area contributed by atoms with Crippen LogP contribution in [-0.4, -0.2) is 17.5 Å². The van der Waals surface area contributed by atoms with E-state index < -0.39 is 0 Å². The molecule has 4 nitrogen and oxygen atoms in total. The lowest BCUT2D eigenvalue weighted by molar-refractivity contribution is 0.0955. The Balaban J connectivity index is 1.42. The summed E-state index contributed by atoms with van der Waals surface area (Å²) in [4.78, 5) is 19.8. The maximum atomic E-state index is 12.5. The van der Waals surface area contributed by atoms with Gasteiger partial charge in [-0.2, -0.15) is 0 Å². The maximum absolute atomic E-state index is 12.5. The fourth-order valence-corrected chi connectivity index (χ4v) is 4.66. The van der Waals surface area contributed by atoms with Gasteiger partial charge in [0.2, 0.25) is 0 Å². The van der Waals surface area contributed by atoms with Crippen LogP contribution in [0.4, 0.5) is 0 Å². The van der Waals surface area contributed by atoms with Crippen molar-refractivity contribution in [1.29, 1.82) is 0 Å². The number of aromatic nitrogens is 1. The predicted molar refractivity (Wildman–Crippen MR) is 101 cm³/mol. The molecule has 1 saturated heterocycles. The highest BCUT2D eigenvalue weighted by molar-refractivity contribution is 7.14. The quantitative estimate of drug-likeness (QED) is 0.711. The first-order valence-electron chi connectivity index (χ1n) is 8.28. The van der Waals surface area contributed by atoms with Gasteiger partial charge in [0, 0.05) is 17.0 Å². The number of nitrogens with zero attached hydrogens (tertiary/aromatic N) is 1. The molecule has 1 fully saturated rings. The van der Waals surface area contributed by atoms with Crippen molar-refractivity contribution in [3.8, 4) is 11.3 Å². The van der Waals surface area contributed by atoms with Gasteiger partial charge in [0.15, 0.2) is 0 Å². The molecular weight excluding hydrogens is 352 g/mol. The van der Waals surface area contributed by atoms with E-state index in [-0.39, 0.29) is 12.0 Å². The molecule has 25 heavy (non-hydrogen) atoms. The Morgan fingerprint density at radius 2 is 2.12 bits per heavy atom. The molecule has 1 atom stereocenters. The molecule has 0 bridgehead atoms. The highest BCUT2D eigenvalue weighted by atomic mass is 32.1. The highest BCUT2D eigenvalue weighted by Gasteiger charge is 2.21. The van der Waals surface area contributed by atoms with Crippen LogP contribution in [0, 0.1) is 0 Å². The smallest absolute Gasteiger partial charge is 0.261 e. The zero-order chi connectivity index (χ0) is 17.1. The van der Waals surface area contributed by atoms with E-state index >= 15 is 0 Å². The number of rotatable bonds is 5. The summed E-state index contributed by atoms with van der Waals surface area (Å²) in [6.07, 6.45) is 2.30. The number of carbonyl (C=O) groups is 1. The van der Waals surface area contributed by atoms with Crippen LogP contribution in [0.3, 0.4) is 0 Å². The topological polar surface area (TPSA) is 51.2 Å². The Bertz CT molecular complexity index is 851. The summed E-state index contributed by atoms with van der Waals surface area (Å²) in [5.41, 5.74) is 3.84. The van der Waals surface area contributed by atoms with Crippen LogP contribution in [0.25, 0.3) is 11.3 Å². The van der Waals surface area contributed by atoms with Gasteiger partial charge in [-0.15, -0.1) is 22.7 Å². The van der Waals surface area contributed by atoms with E-state index in [9.17, 15) is 4.79 Å². The molecule has 1 N–H and O–H groups in total. The number of thiophene rings is 1. The standard InChI is InChI=1S/C19H18N2O2S2/c22-19(16-9-8-15(25-16)14-7-4-10-23-14)20-11-17-18(21-12-24-17)13-5-2-1-3-6-13/h1-3,5-6,8-9,12,14H,4,7,10-11H2,(H,20,22). The van der Waals surface area contributed by atoms with E-state index in [1.807, 2.05) is 48.0 Å². The third kappa shape index (κ3) is 3.66. The maximum Gasteiger partial charge on any atom is 0.261 e. The lowest BCUT2D eigenvalue weighted by Gasteiger charge is -2.06. The third-order valence-electron chi connectivity index (χ3n) is 4.20. The number of hydrogen-bond donors (Lipinski definition) is 1. The van der Waals surface area contributed by atoms with Gasteiger partial charge in [-0.05, 0) is 25.0 Å². The van der Waals surface area contributed by atoms with Crippen molar-refractivity contribution in [3.05, 3.63) is 62.6 Å². The summed E-state index contributed by atoms with van der Waals surface area (Å²) in [6, 6.07) is 13.9. The molecule has 1 aliphatic rings. The van der Waals surface area contributed by atoms with E-state index in [0.29, 0.717) is 6.54 Å². The number of thiazole rings is 1. The first-order chi connectivity index (χ1) is 12.3. The Morgan fingerprint density at radius 3 is 2.92 bits per heavy atom. The molecule has 0 spiro atoms. The number of carbonyl (C=O) groups excluding carboxylic acids is 1. The van der Waals surface area contributed by atoms with E-state index in [1.54, 1.807) is 11.3 Å². The van der Waals surface area contributed by atoms with Gasteiger partial charge in [0.1, 0.15) is 0 Å². The second kappa shape index (κ2) is 7.47. The van der Waals surface area contributed by atoms with Crippen LogP contribution in [-0.2, 0) is 11.3 Å². The molecule has 0 aliphatic carbocycles. The Labute approximate surface area is 154 Å². The first kappa shape index (κ1) is 16.4. The van der Waals surface area contributed by atoms with Crippen molar-refractivity contribution in [2.24, 2.45) is 0 Å². The molecule has 0 radical (unpaired) electrons. The fourth-order valence-electron chi connectivity index (χ4n) is 2.93. The van der Waals surface area contributed by atoms with Crippen molar-refractivity contribution in [3.63, 3.8) is 0 Å². The van der Waals surface area contributed by atoms with Crippen LogP contribution < -0.4 is 5.32 Å². The average Bonchev–Trinajstić information content (AvgIpc) is 3.41. The minimum Gasteiger partial charge on any atom is -0.373 e. The summed E-state index contributed by atoms with van der Waals surface area (Å²) in [6.45, 7) is 1.30.